The van der Waals surface area contributed by atoms with E-state index in [4.69, 9.17) is 23.2 Å². The fraction of sp³-hybridized carbons (Fsp3) is 0.471. The zero-order valence-corrected chi connectivity index (χ0v) is 14.9. The van der Waals surface area contributed by atoms with Crippen molar-refractivity contribution in [3.8, 4) is 0 Å². The molecule has 0 aliphatic carbocycles. The van der Waals surface area contributed by atoms with Gasteiger partial charge in [0.2, 0.25) is 5.91 Å². The van der Waals surface area contributed by atoms with Crippen LogP contribution in [0.25, 0.3) is 0 Å². The number of amides is 3. The molecule has 128 valence electrons. The van der Waals surface area contributed by atoms with Gasteiger partial charge in [-0.1, -0.05) is 30.1 Å². The van der Waals surface area contributed by atoms with Gasteiger partial charge in [0.25, 0.3) is 11.8 Å². The largest absolute Gasteiger partial charge is 0.338 e. The van der Waals surface area contributed by atoms with E-state index >= 15 is 0 Å². The summed E-state index contributed by atoms with van der Waals surface area (Å²) in [6.07, 6.45) is 3.90. The molecule has 0 aromatic heterocycles. The van der Waals surface area contributed by atoms with Gasteiger partial charge in [0.05, 0.1) is 21.2 Å². The molecular weight excluding hydrogens is 351 g/mol. The van der Waals surface area contributed by atoms with Crippen LogP contribution in [0.15, 0.2) is 12.1 Å². The van der Waals surface area contributed by atoms with Crippen LogP contribution in [-0.2, 0) is 4.79 Å². The monoisotopic (exact) mass is 368 g/mol. The van der Waals surface area contributed by atoms with E-state index in [9.17, 15) is 14.4 Å². The van der Waals surface area contributed by atoms with Gasteiger partial charge in [-0.3, -0.25) is 19.3 Å². The van der Waals surface area contributed by atoms with Gasteiger partial charge in [0.15, 0.2) is 0 Å². The minimum absolute atomic E-state index is 0.185. The molecule has 1 saturated heterocycles. The molecule has 1 fully saturated rings. The maximum atomic E-state index is 12.6. The highest BCUT2D eigenvalue weighted by Crippen LogP contribution is 2.31. The second-order valence-corrected chi connectivity index (χ2v) is 6.97. The van der Waals surface area contributed by atoms with E-state index in [1.807, 2.05) is 6.92 Å². The first-order chi connectivity index (χ1) is 11.4. The second-order valence-electron chi connectivity index (χ2n) is 6.15. The van der Waals surface area contributed by atoms with Crippen LogP contribution in [0.5, 0.6) is 0 Å². The standard InChI is InChI=1S/C17H18Cl2N2O3/c1-2-10-5-3-4-6-20(10)15(22)9-21-16(23)11-7-13(18)14(19)8-12(11)17(21)24/h7-8,10H,2-6,9H2,1H3/t10-/m0/s1. The first-order valence-corrected chi connectivity index (χ1v) is 8.84. The number of fused-ring (bicyclic) bond motifs is 1. The Morgan fingerprint density at radius 3 is 2.25 bits per heavy atom. The molecule has 1 atom stereocenters. The number of imide groups is 1. The maximum absolute atomic E-state index is 12.6. The number of piperidine rings is 1. The summed E-state index contributed by atoms with van der Waals surface area (Å²) in [7, 11) is 0. The van der Waals surface area contributed by atoms with Gasteiger partial charge < -0.3 is 4.90 Å². The van der Waals surface area contributed by atoms with Crippen molar-refractivity contribution in [1.82, 2.24) is 9.80 Å². The molecule has 5 nitrogen and oxygen atoms in total. The smallest absolute Gasteiger partial charge is 0.262 e. The van der Waals surface area contributed by atoms with Gasteiger partial charge in [0, 0.05) is 12.6 Å². The number of carbonyl (C=O) groups is 3. The lowest BCUT2D eigenvalue weighted by atomic mass is 10.00. The lowest BCUT2D eigenvalue weighted by Gasteiger charge is -2.36. The Kier molecular flexibility index (Phi) is 4.83. The molecule has 1 aromatic rings. The molecule has 0 spiro atoms. The molecule has 2 heterocycles. The van der Waals surface area contributed by atoms with Crippen LogP contribution in [-0.4, -0.2) is 46.7 Å². The number of nitrogens with zero attached hydrogens (tertiary/aromatic N) is 2. The van der Waals surface area contributed by atoms with Crippen molar-refractivity contribution in [2.45, 2.75) is 38.6 Å². The van der Waals surface area contributed by atoms with E-state index < -0.39 is 11.8 Å². The molecule has 1 aromatic carbocycles. The van der Waals surface area contributed by atoms with Crippen molar-refractivity contribution in [3.63, 3.8) is 0 Å². The summed E-state index contributed by atoms with van der Waals surface area (Å²) in [5, 5.41) is 0.429. The normalized spacial score (nSPS) is 20.5. The van der Waals surface area contributed by atoms with E-state index in [1.165, 1.54) is 12.1 Å². The van der Waals surface area contributed by atoms with Crippen LogP contribution in [0.2, 0.25) is 10.0 Å². The molecule has 2 aliphatic heterocycles. The molecule has 3 amide bonds. The van der Waals surface area contributed by atoms with Gasteiger partial charge >= 0.3 is 0 Å². The fourth-order valence-electron chi connectivity index (χ4n) is 3.41. The fourth-order valence-corrected chi connectivity index (χ4v) is 3.73. The van der Waals surface area contributed by atoms with Crippen molar-refractivity contribution in [2.24, 2.45) is 0 Å². The number of hydrogen-bond donors (Lipinski definition) is 0. The molecule has 0 bridgehead atoms. The second kappa shape index (κ2) is 6.73. The van der Waals surface area contributed by atoms with E-state index in [0.29, 0.717) is 6.54 Å². The number of carbonyl (C=O) groups excluding carboxylic acids is 3. The van der Waals surface area contributed by atoms with Gasteiger partial charge in [0.1, 0.15) is 6.54 Å². The minimum atomic E-state index is -0.494. The summed E-state index contributed by atoms with van der Waals surface area (Å²) in [6.45, 7) is 2.48. The molecule has 0 radical (unpaired) electrons. The summed E-state index contributed by atoms with van der Waals surface area (Å²) in [5.41, 5.74) is 0.403. The number of halogens is 2. The van der Waals surface area contributed by atoms with Crippen LogP contribution < -0.4 is 0 Å². The SMILES string of the molecule is CC[C@H]1CCCCN1C(=O)CN1C(=O)c2cc(Cl)c(Cl)cc2C1=O. The van der Waals surface area contributed by atoms with Crippen molar-refractivity contribution in [2.75, 3.05) is 13.1 Å². The predicted molar refractivity (Wildman–Crippen MR) is 91.5 cm³/mol. The third-order valence-corrected chi connectivity index (χ3v) is 5.45. The molecule has 0 saturated carbocycles. The van der Waals surface area contributed by atoms with Crippen molar-refractivity contribution in [1.29, 1.82) is 0 Å². The Hall–Kier alpha value is -1.59. The lowest BCUT2D eigenvalue weighted by molar-refractivity contribution is -0.135. The van der Waals surface area contributed by atoms with E-state index in [2.05, 4.69) is 0 Å². The Morgan fingerprint density at radius 2 is 1.71 bits per heavy atom. The van der Waals surface area contributed by atoms with Crippen LogP contribution in [0.3, 0.4) is 0 Å². The number of hydrogen-bond acceptors (Lipinski definition) is 3. The average Bonchev–Trinajstić information content (AvgIpc) is 2.80. The molecule has 2 aliphatic rings. The van der Waals surface area contributed by atoms with Gasteiger partial charge in [-0.2, -0.15) is 0 Å². The van der Waals surface area contributed by atoms with E-state index in [-0.39, 0.29) is 39.7 Å². The minimum Gasteiger partial charge on any atom is -0.338 e. The van der Waals surface area contributed by atoms with Gasteiger partial charge in [-0.25, -0.2) is 0 Å². The highest BCUT2D eigenvalue weighted by Gasteiger charge is 2.39. The van der Waals surface area contributed by atoms with Crippen molar-refractivity contribution < 1.29 is 14.4 Å². The van der Waals surface area contributed by atoms with Crippen molar-refractivity contribution in [3.05, 3.63) is 33.3 Å². The van der Waals surface area contributed by atoms with Crippen LogP contribution >= 0.6 is 23.2 Å². The van der Waals surface area contributed by atoms with Crippen molar-refractivity contribution >= 4 is 40.9 Å². The average molecular weight is 369 g/mol. The van der Waals surface area contributed by atoms with E-state index in [1.54, 1.807) is 4.90 Å². The zero-order chi connectivity index (χ0) is 17.4. The predicted octanol–water partition coefficient (Wildman–Crippen LogP) is 3.38. The van der Waals surface area contributed by atoms with Gasteiger partial charge in [-0.15, -0.1) is 0 Å². The Morgan fingerprint density at radius 1 is 1.12 bits per heavy atom. The third-order valence-electron chi connectivity index (χ3n) is 4.72. The zero-order valence-electron chi connectivity index (χ0n) is 13.3. The molecule has 7 heteroatoms. The summed E-state index contributed by atoms with van der Waals surface area (Å²) >= 11 is 11.9. The molecule has 3 rings (SSSR count). The summed E-state index contributed by atoms with van der Waals surface area (Å²) in [4.78, 5) is 40.4. The number of rotatable bonds is 3. The van der Waals surface area contributed by atoms with Crippen LogP contribution in [0, 0.1) is 0 Å². The highest BCUT2D eigenvalue weighted by atomic mass is 35.5. The quantitative estimate of drug-likeness (QED) is 0.768. The lowest BCUT2D eigenvalue weighted by Crippen LogP contribution is -2.48. The molecular formula is C17H18Cl2N2O3. The van der Waals surface area contributed by atoms with E-state index in [0.717, 1.165) is 30.6 Å². The van der Waals surface area contributed by atoms with Crippen LogP contribution in [0.1, 0.15) is 53.3 Å². The summed E-state index contributed by atoms with van der Waals surface area (Å²) in [6, 6.07) is 2.96. The Balaban J connectivity index is 1.80. The molecule has 0 unspecified atom stereocenters. The summed E-state index contributed by atoms with van der Waals surface area (Å²) < 4.78 is 0. The molecule has 0 N–H and O–H groups in total. The topological polar surface area (TPSA) is 57.7 Å². The third kappa shape index (κ3) is 2.91. The van der Waals surface area contributed by atoms with Gasteiger partial charge in [-0.05, 0) is 37.8 Å². The maximum Gasteiger partial charge on any atom is 0.262 e. The summed E-state index contributed by atoms with van der Waals surface area (Å²) in [5.74, 6) is -1.17. The number of benzene rings is 1. The first-order valence-electron chi connectivity index (χ1n) is 8.08. The molecule has 24 heavy (non-hydrogen) atoms. The Labute approximate surface area is 150 Å². The Bertz CT molecular complexity index is 679. The first kappa shape index (κ1) is 17.2. The number of likely N-dealkylation sites (tertiary alicyclic amines) is 1. The van der Waals surface area contributed by atoms with Crippen LogP contribution in [0.4, 0.5) is 0 Å². The highest BCUT2D eigenvalue weighted by molar-refractivity contribution is 6.43.